The first kappa shape index (κ1) is 16.7. The van der Waals surface area contributed by atoms with E-state index in [1.807, 2.05) is 36.4 Å². The van der Waals surface area contributed by atoms with Gasteiger partial charge in [0.2, 0.25) is 0 Å². The molecule has 0 amide bonds. The Bertz CT molecular complexity index is 323. The Morgan fingerprint density at radius 2 is 1.07 bits per heavy atom. The average molecular weight is 247 g/mol. The fraction of sp³-hybridized carbons (Fsp3) is 0. The van der Waals surface area contributed by atoms with Crippen LogP contribution < -0.4 is 0 Å². The van der Waals surface area contributed by atoms with Gasteiger partial charge in [0.15, 0.2) is 0 Å². The van der Waals surface area contributed by atoms with Crippen LogP contribution in [0.2, 0.25) is 0 Å². The molecule has 1 aromatic carbocycles. The molecule has 1 unspecified atom stereocenters. The fourth-order valence-corrected chi connectivity index (χ4v) is 0.385. The zero-order chi connectivity index (χ0) is 10.3. The van der Waals surface area contributed by atoms with Gasteiger partial charge in [-0.25, -0.2) is 4.21 Å². The SMILES string of the molecule is O=S(O)S(=O)(=O)O.[Na].c1ccccc1. The van der Waals surface area contributed by atoms with Crippen molar-refractivity contribution < 1.29 is 21.7 Å². The largest absolute Gasteiger partial charge is 0.373 e. The second-order valence-corrected chi connectivity index (χ2v) is 5.21. The number of hydrogen-bond donors (Lipinski definition) is 2. The first-order valence-electron chi connectivity index (χ1n) is 3.03. The van der Waals surface area contributed by atoms with Gasteiger partial charge in [-0.3, -0.25) is 9.11 Å². The van der Waals surface area contributed by atoms with Gasteiger partial charge in [-0.15, -0.1) is 0 Å². The third-order valence-electron chi connectivity index (χ3n) is 0.847. The van der Waals surface area contributed by atoms with Crippen LogP contribution in [0.1, 0.15) is 0 Å². The van der Waals surface area contributed by atoms with E-state index in [0.717, 1.165) is 0 Å². The monoisotopic (exact) mass is 247 g/mol. The van der Waals surface area contributed by atoms with Crippen LogP contribution in [0.3, 0.4) is 0 Å². The molecule has 0 fully saturated rings. The van der Waals surface area contributed by atoms with E-state index in [9.17, 15) is 12.6 Å². The fourth-order valence-electron chi connectivity index (χ4n) is 0.385. The zero-order valence-electron chi connectivity index (χ0n) is 7.40. The quantitative estimate of drug-likeness (QED) is 0.322. The Balaban J connectivity index is 0. The summed E-state index contributed by atoms with van der Waals surface area (Å²) in [7, 11) is -7.87. The van der Waals surface area contributed by atoms with E-state index in [0.29, 0.717) is 0 Å². The Kier molecular flexibility index (Phi) is 10.2. The summed E-state index contributed by atoms with van der Waals surface area (Å²) in [6.45, 7) is 0. The summed E-state index contributed by atoms with van der Waals surface area (Å²) < 4.78 is 43.0. The maximum atomic E-state index is 9.34. The zero-order valence-corrected chi connectivity index (χ0v) is 11.0. The van der Waals surface area contributed by atoms with Crippen molar-refractivity contribution in [3.8, 4) is 0 Å². The Morgan fingerprint density at radius 1 is 0.929 bits per heavy atom. The molecular formula is C6H8NaO5S2. The molecule has 0 spiro atoms. The second-order valence-electron chi connectivity index (χ2n) is 1.80. The molecule has 1 rings (SSSR count). The summed E-state index contributed by atoms with van der Waals surface area (Å²) in [4.78, 5) is 0. The van der Waals surface area contributed by atoms with Gasteiger partial charge >= 0.3 is 19.3 Å². The van der Waals surface area contributed by atoms with Crippen molar-refractivity contribution in [3.05, 3.63) is 36.4 Å². The van der Waals surface area contributed by atoms with Crippen LogP contribution >= 0.6 is 0 Å². The normalized spacial score (nSPS) is 11.6. The van der Waals surface area contributed by atoms with Crippen LogP contribution in [0.4, 0.5) is 0 Å². The van der Waals surface area contributed by atoms with Crippen molar-refractivity contribution in [1.82, 2.24) is 0 Å². The van der Waals surface area contributed by atoms with Gasteiger partial charge < -0.3 is 0 Å². The molecule has 2 N–H and O–H groups in total. The van der Waals surface area contributed by atoms with E-state index in [1.165, 1.54) is 0 Å². The van der Waals surface area contributed by atoms with Crippen molar-refractivity contribution in [2.45, 2.75) is 0 Å². The Hall–Kier alpha value is 0.240. The second kappa shape index (κ2) is 8.54. The van der Waals surface area contributed by atoms with Crippen LogP contribution in [0.5, 0.6) is 0 Å². The van der Waals surface area contributed by atoms with Crippen LogP contribution in [0.15, 0.2) is 36.4 Å². The van der Waals surface area contributed by atoms with Gasteiger partial charge in [0.1, 0.15) is 0 Å². The maximum Gasteiger partial charge on any atom is 0.373 e. The summed E-state index contributed by atoms with van der Waals surface area (Å²) >= 11 is 0. The molecule has 5 nitrogen and oxygen atoms in total. The minimum Gasteiger partial charge on any atom is -0.292 e. The molecule has 0 saturated heterocycles. The van der Waals surface area contributed by atoms with E-state index in [1.54, 1.807) is 0 Å². The van der Waals surface area contributed by atoms with Gasteiger partial charge in [-0.1, -0.05) is 36.4 Å². The summed E-state index contributed by atoms with van der Waals surface area (Å²) in [5.74, 6) is 0. The van der Waals surface area contributed by atoms with Gasteiger partial charge in [0, 0.05) is 29.6 Å². The molecule has 75 valence electrons. The summed E-state index contributed by atoms with van der Waals surface area (Å²) in [5, 5.41) is 0. The van der Waals surface area contributed by atoms with Gasteiger partial charge in [0.05, 0.1) is 0 Å². The van der Waals surface area contributed by atoms with E-state index in [2.05, 4.69) is 0 Å². The summed E-state index contributed by atoms with van der Waals surface area (Å²) in [5.41, 5.74) is 0. The smallest absolute Gasteiger partial charge is 0.292 e. The first-order valence-corrected chi connectivity index (χ1v) is 6.10. The van der Waals surface area contributed by atoms with Crippen LogP contribution in [-0.2, 0) is 19.3 Å². The minimum atomic E-state index is -4.71. The molecule has 1 atom stereocenters. The molecule has 0 aromatic heterocycles. The molecule has 0 bridgehead atoms. The third-order valence-corrected chi connectivity index (χ3v) is 2.29. The predicted molar refractivity (Wildman–Crippen MR) is 54.5 cm³/mol. The minimum absolute atomic E-state index is 0. The molecule has 0 saturated carbocycles. The molecule has 8 heteroatoms. The van der Waals surface area contributed by atoms with E-state index < -0.39 is 19.3 Å². The standard InChI is InChI=1S/C6H6.Na.H2O5S2/c1-2-4-6-5-3-1;;1-6(2)7(3,4)5/h1-6H;;(H,1,2)(H,3,4,5). The van der Waals surface area contributed by atoms with Gasteiger partial charge in [-0.2, -0.15) is 8.42 Å². The van der Waals surface area contributed by atoms with Crippen molar-refractivity contribution in [3.63, 3.8) is 0 Å². The molecule has 1 radical (unpaired) electrons. The van der Waals surface area contributed by atoms with Crippen LogP contribution in [0, 0.1) is 0 Å². The molecule has 1 aromatic rings. The van der Waals surface area contributed by atoms with E-state index in [4.69, 9.17) is 9.11 Å². The number of benzene rings is 1. The van der Waals surface area contributed by atoms with Crippen molar-refractivity contribution in [2.75, 3.05) is 0 Å². The first-order chi connectivity index (χ1) is 5.94. The summed E-state index contributed by atoms with van der Waals surface area (Å²) in [6, 6.07) is 12.0. The number of hydrogen-bond acceptors (Lipinski definition) is 3. The van der Waals surface area contributed by atoms with Crippen molar-refractivity contribution in [1.29, 1.82) is 0 Å². The molecule has 0 heterocycles. The Morgan fingerprint density at radius 3 is 1.14 bits per heavy atom. The van der Waals surface area contributed by atoms with E-state index in [-0.39, 0.29) is 29.6 Å². The third kappa shape index (κ3) is 10.3. The van der Waals surface area contributed by atoms with Crippen LogP contribution in [0.25, 0.3) is 0 Å². The van der Waals surface area contributed by atoms with E-state index >= 15 is 0 Å². The maximum absolute atomic E-state index is 9.34. The average Bonchev–Trinajstić information content (AvgIpc) is 2.07. The molecular weight excluding hydrogens is 239 g/mol. The van der Waals surface area contributed by atoms with Gasteiger partial charge in [0.25, 0.3) is 0 Å². The van der Waals surface area contributed by atoms with Crippen molar-refractivity contribution >= 4 is 48.8 Å². The van der Waals surface area contributed by atoms with Crippen molar-refractivity contribution in [2.24, 2.45) is 0 Å². The molecule has 0 aliphatic carbocycles. The number of rotatable bonds is 1. The summed E-state index contributed by atoms with van der Waals surface area (Å²) in [6.07, 6.45) is 0. The van der Waals surface area contributed by atoms with Crippen LogP contribution in [-0.4, -0.2) is 51.3 Å². The molecule has 14 heavy (non-hydrogen) atoms. The van der Waals surface area contributed by atoms with Gasteiger partial charge in [-0.05, 0) is 0 Å². The predicted octanol–water partition coefficient (Wildman–Crippen LogP) is 0.317. The molecule has 0 aliphatic heterocycles. The Labute approximate surface area is 106 Å². The topological polar surface area (TPSA) is 91.7 Å². The molecule has 0 aliphatic rings.